The van der Waals surface area contributed by atoms with E-state index in [9.17, 15) is 9.18 Å². The molecular formula is C17H18FNO2. The van der Waals surface area contributed by atoms with Gasteiger partial charge in [-0.1, -0.05) is 12.1 Å². The molecule has 0 radical (unpaired) electrons. The van der Waals surface area contributed by atoms with Crippen molar-refractivity contribution in [3.8, 4) is 5.75 Å². The van der Waals surface area contributed by atoms with Gasteiger partial charge < -0.3 is 9.64 Å². The molecule has 2 rings (SSSR count). The number of amides is 1. The lowest BCUT2D eigenvalue weighted by Crippen LogP contribution is -2.27. The van der Waals surface area contributed by atoms with E-state index in [1.807, 2.05) is 25.1 Å². The minimum atomic E-state index is -0.317. The molecule has 0 aliphatic rings. The molecule has 0 aliphatic carbocycles. The van der Waals surface area contributed by atoms with Gasteiger partial charge in [-0.15, -0.1) is 0 Å². The van der Waals surface area contributed by atoms with E-state index in [0.29, 0.717) is 5.69 Å². The summed E-state index contributed by atoms with van der Waals surface area (Å²) in [5, 5.41) is 0. The molecule has 4 heteroatoms. The maximum Gasteiger partial charge on any atom is 0.231 e. The molecule has 0 N–H and O–H groups in total. The molecule has 0 aliphatic heterocycles. The van der Waals surface area contributed by atoms with Gasteiger partial charge in [0.05, 0.1) is 13.5 Å². The highest BCUT2D eigenvalue weighted by molar-refractivity contribution is 5.94. The van der Waals surface area contributed by atoms with E-state index in [2.05, 4.69) is 0 Å². The summed E-state index contributed by atoms with van der Waals surface area (Å²) < 4.78 is 18.2. The van der Waals surface area contributed by atoms with Crippen molar-refractivity contribution < 1.29 is 13.9 Å². The number of methoxy groups -OCH3 is 1. The van der Waals surface area contributed by atoms with Gasteiger partial charge in [0, 0.05) is 12.7 Å². The standard InChI is InChI=1S/C17H18FNO2/c1-12-4-5-13(10-16(12)21-3)11-17(20)19(2)15-8-6-14(18)7-9-15/h4-10H,11H2,1-3H3. The third kappa shape index (κ3) is 3.60. The summed E-state index contributed by atoms with van der Waals surface area (Å²) in [7, 11) is 3.29. The quantitative estimate of drug-likeness (QED) is 0.863. The molecule has 0 unspecified atom stereocenters. The van der Waals surface area contributed by atoms with Crippen LogP contribution >= 0.6 is 0 Å². The molecule has 1 amide bonds. The molecule has 0 atom stereocenters. The lowest BCUT2D eigenvalue weighted by atomic mass is 10.1. The van der Waals surface area contributed by atoms with E-state index in [1.165, 1.54) is 17.0 Å². The number of nitrogens with zero attached hydrogens (tertiary/aromatic N) is 1. The summed E-state index contributed by atoms with van der Waals surface area (Å²) in [5.74, 6) is 0.389. The minimum Gasteiger partial charge on any atom is -0.496 e. The van der Waals surface area contributed by atoms with Crippen LogP contribution in [0.2, 0.25) is 0 Å². The summed E-state index contributed by atoms with van der Waals surface area (Å²) in [6, 6.07) is 11.6. The van der Waals surface area contributed by atoms with Crippen molar-refractivity contribution in [3.05, 3.63) is 59.4 Å². The Labute approximate surface area is 124 Å². The Kier molecular flexibility index (Phi) is 4.58. The first-order chi connectivity index (χ1) is 10.0. The van der Waals surface area contributed by atoms with Gasteiger partial charge in [0.2, 0.25) is 5.91 Å². The van der Waals surface area contributed by atoms with Gasteiger partial charge in [-0.3, -0.25) is 4.79 Å². The van der Waals surface area contributed by atoms with Crippen LogP contribution in [0.3, 0.4) is 0 Å². The van der Waals surface area contributed by atoms with Crippen LogP contribution in [0.4, 0.5) is 10.1 Å². The number of anilines is 1. The average Bonchev–Trinajstić information content (AvgIpc) is 2.49. The first-order valence-corrected chi connectivity index (χ1v) is 6.67. The second kappa shape index (κ2) is 6.39. The Morgan fingerprint density at radius 3 is 2.48 bits per heavy atom. The number of carbonyl (C=O) groups is 1. The molecule has 2 aromatic rings. The third-order valence-electron chi connectivity index (χ3n) is 3.42. The molecule has 110 valence electrons. The zero-order valence-corrected chi connectivity index (χ0v) is 12.4. The van der Waals surface area contributed by atoms with Crippen molar-refractivity contribution >= 4 is 11.6 Å². The molecule has 3 nitrogen and oxygen atoms in total. The van der Waals surface area contributed by atoms with Crippen LogP contribution in [0, 0.1) is 12.7 Å². The molecule has 0 spiro atoms. The van der Waals surface area contributed by atoms with Gasteiger partial charge in [0.1, 0.15) is 11.6 Å². The minimum absolute atomic E-state index is 0.0625. The van der Waals surface area contributed by atoms with Gasteiger partial charge in [-0.25, -0.2) is 4.39 Å². The second-order valence-corrected chi connectivity index (χ2v) is 4.91. The number of likely N-dealkylation sites (N-methyl/N-ethyl adjacent to an activating group) is 1. The Hall–Kier alpha value is -2.36. The lowest BCUT2D eigenvalue weighted by Gasteiger charge is -2.17. The van der Waals surface area contributed by atoms with Gasteiger partial charge >= 0.3 is 0 Å². The van der Waals surface area contributed by atoms with E-state index in [0.717, 1.165) is 16.9 Å². The number of benzene rings is 2. The summed E-state index contributed by atoms with van der Waals surface area (Å²) in [6.45, 7) is 1.95. The van der Waals surface area contributed by atoms with E-state index in [-0.39, 0.29) is 18.1 Å². The number of rotatable bonds is 4. The zero-order chi connectivity index (χ0) is 15.4. The number of aryl methyl sites for hydroxylation is 1. The summed E-state index contributed by atoms with van der Waals surface area (Å²) in [5.41, 5.74) is 2.58. The molecule has 0 saturated heterocycles. The first kappa shape index (κ1) is 15.0. The fraction of sp³-hybridized carbons (Fsp3) is 0.235. The van der Waals surface area contributed by atoms with E-state index in [1.54, 1.807) is 26.3 Å². The largest absolute Gasteiger partial charge is 0.496 e. The van der Waals surface area contributed by atoms with Crippen molar-refractivity contribution in [3.63, 3.8) is 0 Å². The van der Waals surface area contributed by atoms with Gasteiger partial charge in [-0.05, 0) is 48.4 Å². The predicted octanol–water partition coefficient (Wildman–Crippen LogP) is 3.35. The number of carbonyl (C=O) groups excluding carboxylic acids is 1. The maximum atomic E-state index is 12.9. The molecule has 0 saturated carbocycles. The van der Waals surface area contributed by atoms with Crippen LogP contribution in [0.5, 0.6) is 5.75 Å². The lowest BCUT2D eigenvalue weighted by molar-refractivity contribution is -0.117. The van der Waals surface area contributed by atoms with E-state index >= 15 is 0 Å². The van der Waals surface area contributed by atoms with Crippen LogP contribution in [-0.4, -0.2) is 20.1 Å². The van der Waals surface area contributed by atoms with E-state index in [4.69, 9.17) is 4.74 Å². The molecule has 0 bridgehead atoms. The topological polar surface area (TPSA) is 29.5 Å². The van der Waals surface area contributed by atoms with Crippen molar-refractivity contribution in [1.29, 1.82) is 0 Å². The number of hydrogen-bond acceptors (Lipinski definition) is 2. The van der Waals surface area contributed by atoms with E-state index < -0.39 is 0 Å². The summed E-state index contributed by atoms with van der Waals surface area (Å²) in [4.78, 5) is 13.8. The third-order valence-corrected chi connectivity index (χ3v) is 3.42. The number of hydrogen-bond donors (Lipinski definition) is 0. The summed E-state index contributed by atoms with van der Waals surface area (Å²) >= 11 is 0. The zero-order valence-electron chi connectivity index (χ0n) is 12.4. The molecular weight excluding hydrogens is 269 g/mol. The Balaban J connectivity index is 2.12. The van der Waals surface area contributed by atoms with Crippen LogP contribution < -0.4 is 9.64 Å². The number of halogens is 1. The predicted molar refractivity (Wildman–Crippen MR) is 81.2 cm³/mol. The highest BCUT2D eigenvalue weighted by Crippen LogP contribution is 2.20. The maximum absolute atomic E-state index is 12.9. The monoisotopic (exact) mass is 287 g/mol. The fourth-order valence-electron chi connectivity index (χ4n) is 2.08. The van der Waals surface area contributed by atoms with Crippen LogP contribution in [-0.2, 0) is 11.2 Å². The summed E-state index contributed by atoms with van der Waals surface area (Å²) in [6.07, 6.45) is 0.268. The molecule has 0 heterocycles. The highest BCUT2D eigenvalue weighted by Gasteiger charge is 2.12. The molecule has 21 heavy (non-hydrogen) atoms. The Morgan fingerprint density at radius 1 is 1.19 bits per heavy atom. The van der Waals surface area contributed by atoms with Crippen LogP contribution in [0.25, 0.3) is 0 Å². The van der Waals surface area contributed by atoms with Gasteiger partial charge in [0.15, 0.2) is 0 Å². The van der Waals surface area contributed by atoms with Gasteiger partial charge in [0.25, 0.3) is 0 Å². The van der Waals surface area contributed by atoms with Crippen molar-refractivity contribution in [2.75, 3.05) is 19.1 Å². The Morgan fingerprint density at radius 2 is 1.86 bits per heavy atom. The van der Waals surface area contributed by atoms with Crippen LogP contribution in [0.1, 0.15) is 11.1 Å². The fourth-order valence-corrected chi connectivity index (χ4v) is 2.08. The SMILES string of the molecule is COc1cc(CC(=O)N(C)c2ccc(F)cc2)ccc1C. The van der Waals surface area contributed by atoms with Gasteiger partial charge in [-0.2, -0.15) is 0 Å². The Bertz CT molecular complexity index is 638. The molecule has 0 fully saturated rings. The first-order valence-electron chi connectivity index (χ1n) is 6.67. The second-order valence-electron chi connectivity index (χ2n) is 4.91. The van der Waals surface area contributed by atoms with Crippen molar-refractivity contribution in [2.24, 2.45) is 0 Å². The smallest absolute Gasteiger partial charge is 0.231 e. The van der Waals surface area contributed by atoms with Crippen LogP contribution in [0.15, 0.2) is 42.5 Å². The highest BCUT2D eigenvalue weighted by atomic mass is 19.1. The molecule has 2 aromatic carbocycles. The van der Waals surface area contributed by atoms with Crippen molar-refractivity contribution in [2.45, 2.75) is 13.3 Å². The van der Waals surface area contributed by atoms with Crippen molar-refractivity contribution in [1.82, 2.24) is 0 Å². The average molecular weight is 287 g/mol. The normalized spacial score (nSPS) is 10.3. The number of ether oxygens (including phenoxy) is 1. The molecule has 0 aromatic heterocycles.